The highest BCUT2D eigenvalue weighted by Gasteiger charge is 2.23. The number of likely N-dealkylation sites (tertiary alicyclic amines) is 1. The fraction of sp³-hybridized carbons (Fsp3) is 0.529. The summed E-state index contributed by atoms with van der Waals surface area (Å²) in [7, 11) is 0. The summed E-state index contributed by atoms with van der Waals surface area (Å²) in [6.07, 6.45) is 3.06. The zero-order valence-electron chi connectivity index (χ0n) is 13.6. The van der Waals surface area contributed by atoms with E-state index in [0.29, 0.717) is 5.92 Å². The quantitative estimate of drug-likeness (QED) is 0.920. The average molecular weight is 300 g/mol. The Hall–Kier alpha value is -1.88. The maximum Gasteiger partial charge on any atom is 0.208 e. The Balaban J connectivity index is 1.48. The van der Waals surface area contributed by atoms with Gasteiger partial charge in [0.15, 0.2) is 0 Å². The highest BCUT2D eigenvalue weighted by Crippen LogP contribution is 2.20. The van der Waals surface area contributed by atoms with E-state index in [1.54, 1.807) is 0 Å². The van der Waals surface area contributed by atoms with Crippen LogP contribution < -0.4 is 5.32 Å². The molecule has 0 bridgehead atoms. The molecule has 3 heterocycles. The van der Waals surface area contributed by atoms with Crippen molar-refractivity contribution in [2.75, 3.05) is 25.0 Å². The van der Waals surface area contributed by atoms with Crippen molar-refractivity contribution in [2.45, 2.75) is 33.7 Å². The van der Waals surface area contributed by atoms with E-state index in [0.717, 1.165) is 49.3 Å². The molecule has 0 aromatic carbocycles. The summed E-state index contributed by atoms with van der Waals surface area (Å²) in [4.78, 5) is 11.2. The van der Waals surface area contributed by atoms with Crippen LogP contribution >= 0.6 is 0 Å². The monoisotopic (exact) mass is 300 g/mol. The van der Waals surface area contributed by atoms with Crippen LogP contribution in [0.5, 0.6) is 0 Å². The minimum absolute atomic E-state index is 0.652. The van der Waals surface area contributed by atoms with Crippen molar-refractivity contribution >= 4 is 5.82 Å². The third-order valence-corrected chi connectivity index (χ3v) is 4.29. The van der Waals surface area contributed by atoms with Gasteiger partial charge in [0.1, 0.15) is 11.6 Å². The summed E-state index contributed by atoms with van der Waals surface area (Å²) < 4.78 is 5.68. The van der Waals surface area contributed by atoms with Gasteiger partial charge >= 0.3 is 0 Å². The number of oxazole rings is 1. The van der Waals surface area contributed by atoms with Crippen molar-refractivity contribution in [1.82, 2.24) is 14.9 Å². The maximum absolute atomic E-state index is 5.68. The number of rotatable bonds is 5. The van der Waals surface area contributed by atoms with Crippen LogP contribution in [0.3, 0.4) is 0 Å². The van der Waals surface area contributed by atoms with Gasteiger partial charge < -0.3 is 9.73 Å². The van der Waals surface area contributed by atoms with Gasteiger partial charge in [0.2, 0.25) is 5.89 Å². The highest BCUT2D eigenvalue weighted by atomic mass is 16.4. The molecule has 2 aromatic rings. The standard InChI is InChI=1S/C17H24N4O/c1-12-4-6-18-16(8-12)19-9-15-5-7-21(10-15)11-17-20-13(2)14(3)22-17/h4,6,8,15H,5,7,9-11H2,1-3H3,(H,18,19)/t15-/m0/s1. The lowest BCUT2D eigenvalue weighted by molar-refractivity contribution is 0.279. The number of aromatic nitrogens is 2. The Morgan fingerprint density at radius 2 is 2.23 bits per heavy atom. The summed E-state index contributed by atoms with van der Waals surface area (Å²) in [5, 5.41) is 3.45. The molecule has 118 valence electrons. The van der Waals surface area contributed by atoms with E-state index in [1.165, 1.54) is 12.0 Å². The van der Waals surface area contributed by atoms with Crippen LogP contribution in [0, 0.1) is 26.7 Å². The number of anilines is 1. The van der Waals surface area contributed by atoms with E-state index in [-0.39, 0.29) is 0 Å². The van der Waals surface area contributed by atoms with Crippen molar-refractivity contribution in [2.24, 2.45) is 5.92 Å². The largest absolute Gasteiger partial charge is 0.444 e. The molecule has 1 aliphatic rings. The molecular formula is C17H24N4O. The van der Waals surface area contributed by atoms with Crippen LogP contribution in [0.1, 0.15) is 29.3 Å². The fourth-order valence-electron chi connectivity index (χ4n) is 2.90. The zero-order valence-corrected chi connectivity index (χ0v) is 13.6. The van der Waals surface area contributed by atoms with E-state index < -0.39 is 0 Å². The first-order valence-electron chi connectivity index (χ1n) is 7.92. The molecule has 1 saturated heterocycles. The van der Waals surface area contributed by atoms with Crippen LogP contribution in [0.15, 0.2) is 22.7 Å². The molecule has 1 N–H and O–H groups in total. The minimum Gasteiger partial charge on any atom is -0.444 e. The van der Waals surface area contributed by atoms with E-state index >= 15 is 0 Å². The molecule has 0 radical (unpaired) electrons. The van der Waals surface area contributed by atoms with Gasteiger partial charge in [-0.1, -0.05) is 0 Å². The van der Waals surface area contributed by atoms with Crippen LogP contribution in [0.2, 0.25) is 0 Å². The van der Waals surface area contributed by atoms with Crippen molar-refractivity contribution in [1.29, 1.82) is 0 Å². The molecular weight excluding hydrogens is 276 g/mol. The molecule has 22 heavy (non-hydrogen) atoms. The van der Waals surface area contributed by atoms with E-state index in [2.05, 4.69) is 33.2 Å². The SMILES string of the molecule is Cc1ccnc(NC[C@@H]2CCN(Cc3nc(C)c(C)o3)C2)c1. The van der Waals surface area contributed by atoms with Gasteiger partial charge in [-0.3, -0.25) is 4.90 Å². The maximum atomic E-state index is 5.68. The second-order valence-corrected chi connectivity index (χ2v) is 6.24. The summed E-state index contributed by atoms with van der Waals surface area (Å²) in [6, 6.07) is 4.11. The summed E-state index contributed by atoms with van der Waals surface area (Å²) in [5.74, 6) is 3.39. The predicted octanol–water partition coefficient (Wildman–Crippen LogP) is 2.93. The lowest BCUT2D eigenvalue weighted by Gasteiger charge is -2.14. The van der Waals surface area contributed by atoms with Gasteiger partial charge in [0.25, 0.3) is 0 Å². The molecule has 2 aromatic heterocycles. The summed E-state index contributed by atoms with van der Waals surface area (Å²) >= 11 is 0. The molecule has 0 unspecified atom stereocenters. The Labute approximate surface area is 131 Å². The number of nitrogens with zero attached hydrogens (tertiary/aromatic N) is 3. The van der Waals surface area contributed by atoms with Crippen molar-refractivity contribution in [3.63, 3.8) is 0 Å². The Morgan fingerprint density at radius 3 is 2.95 bits per heavy atom. The Morgan fingerprint density at radius 1 is 1.36 bits per heavy atom. The summed E-state index contributed by atoms with van der Waals surface area (Å²) in [5.41, 5.74) is 2.23. The smallest absolute Gasteiger partial charge is 0.208 e. The number of hydrogen-bond acceptors (Lipinski definition) is 5. The Kier molecular flexibility index (Phi) is 4.43. The van der Waals surface area contributed by atoms with Crippen LogP contribution in [-0.4, -0.2) is 34.5 Å². The molecule has 1 atom stereocenters. The van der Waals surface area contributed by atoms with Gasteiger partial charge in [0, 0.05) is 19.3 Å². The number of hydrogen-bond donors (Lipinski definition) is 1. The molecule has 0 spiro atoms. The van der Waals surface area contributed by atoms with E-state index in [9.17, 15) is 0 Å². The van der Waals surface area contributed by atoms with Crippen molar-refractivity contribution < 1.29 is 4.42 Å². The number of aryl methyl sites for hydroxylation is 3. The van der Waals surface area contributed by atoms with Crippen molar-refractivity contribution in [3.05, 3.63) is 41.2 Å². The lowest BCUT2D eigenvalue weighted by Crippen LogP contribution is -2.23. The molecule has 0 aliphatic carbocycles. The molecule has 3 rings (SSSR count). The third kappa shape index (κ3) is 3.65. The van der Waals surface area contributed by atoms with Crippen molar-refractivity contribution in [3.8, 4) is 0 Å². The molecule has 5 heteroatoms. The van der Waals surface area contributed by atoms with Crippen LogP contribution in [0.25, 0.3) is 0 Å². The predicted molar refractivity (Wildman–Crippen MR) is 86.8 cm³/mol. The van der Waals surface area contributed by atoms with Gasteiger partial charge in [0.05, 0.1) is 12.2 Å². The zero-order chi connectivity index (χ0) is 15.5. The van der Waals surface area contributed by atoms with Gasteiger partial charge in [-0.2, -0.15) is 0 Å². The van der Waals surface area contributed by atoms with E-state index in [4.69, 9.17) is 4.42 Å². The second-order valence-electron chi connectivity index (χ2n) is 6.24. The van der Waals surface area contributed by atoms with Gasteiger partial charge in [-0.15, -0.1) is 0 Å². The minimum atomic E-state index is 0.652. The number of nitrogens with one attached hydrogen (secondary N) is 1. The van der Waals surface area contributed by atoms with Crippen LogP contribution in [-0.2, 0) is 6.54 Å². The summed E-state index contributed by atoms with van der Waals surface area (Å²) in [6.45, 7) is 10.0. The molecule has 1 fully saturated rings. The third-order valence-electron chi connectivity index (χ3n) is 4.29. The second kappa shape index (κ2) is 6.48. The molecule has 1 aliphatic heterocycles. The number of pyridine rings is 1. The topological polar surface area (TPSA) is 54.2 Å². The lowest BCUT2D eigenvalue weighted by atomic mass is 10.1. The average Bonchev–Trinajstić information content (AvgIpc) is 3.04. The van der Waals surface area contributed by atoms with Gasteiger partial charge in [-0.05, 0) is 57.4 Å². The molecule has 0 amide bonds. The first kappa shape index (κ1) is 15.0. The van der Waals surface area contributed by atoms with Crippen LogP contribution in [0.4, 0.5) is 5.82 Å². The highest BCUT2D eigenvalue weighted by molar-refractivity contribution is 5.36. The normalized spacial score (nSPS) is 18.8. The first-order chi connectivity index (χ1) is 10.6. The fourth-order valence-corrected chi connectivity index (χ4v) is 2.90. The van der Waals surface area contributed by atoms with E-state index in [1.807, 2.05) is 26.1 Å². The molecule has 5 nitrogen and oxygen atoms in total. The Bertz CT molecular complexity index is 618. The first-order valence-corrected chi connectivity index (χ1v) is 7.92. The molecule has 0 saturated carbocycles. The van der Waals surface area contributed by atoms with Gasteiger partial charge in [-0.25, -0.2) is 9.97 Å².